The fraction of sp³-hybridized carbons (Fsp3) is 0.125. The van der Waals surface area contributed by atoms with E-state index in [1.807, 2.05) is 0 Å². The molecule has 3 rings (SSSR count). The van der Waals surface area contributed by atoms with Crippen LogP contribution in [-0.4, -0.2) is 18.0 Å². The lowest BCUT2D eigenvalue weighted by atomic mass is 9.93. The predicted octanol–water partition coefficient (Wildman–Crippen LogP) is 3.71. The van der Waals surface area contributed by atoms with E-state index >= 15 is 0 Å². The summed E-state index contributed by atoms with van der Waals surface area (Å²) < 4.78 is 13.3. The van der Waals surface area contributed by atoms with E-state index in [2.05, 4.69) is 4.99 Å². The van der Waals surface area contributed by atoms with Gasteiger partial charge < -0.3 is 0 Å². The number of rotatable bonds is 2. The first kappa shape index (κ1) is 13.0. The number of carbonyl (C=O) groups is 1. The normalized spacial score (nSPS) is 13.6. The molecule has 0 amide bonds. The molecule has 0 N–H and O–H groups in total. The van der Waals surface area contributed by atoms with E-state index in [0.29, 0.717) is 29.3 Å². The lowest BCUT2D eigenvalue weighted by Gasteiger charge is -2.16. The van der Waals surface area contributed by atoms with Crippen LogP contribution >= 0.6 is 11.6 Å². The van der Waals surface area contributed by atoms with Crippen LogP contribution in [0.25, 0.3) is 0 Å². The second kappa shape index (κ2) is 5.17. The molecule has 1 aliphatic rings. The molecule has 1 heterocycles. The zero-order chi connectivity index (χ0) is 14.1. The van der Waals surface area contributed by atoms with Crippen molar-refractivity contribution in [2.24, 2.45) is 4.99 Å². The summed E-state index contributed by atoms with van der Waals surface area (Å²) in [6.07, 6.45) is 0.657. The molecule has 0 radical (unpaired) electrons. The summed E-state index contributed by atoms with van der Waals surface area (Å²) >= 11 is 5.82. The number of halogens is 2. The van der Waals surface area contributed by atoms with Gasteiger partial charge in [-0.15, -0.1) is 0 Å². The van der Waals surface area contributed by atoms with Crippen LogP contribution in [0.4, 0.5) is 4.39 Å². The smallest absolute Gasteiger partial charge is 0.211 e. The molecule has 0 saturated heterocycles. The molecule has 1 aliphatic heterocycles. The van der Waals surface area contributed by atoms with Gasteiger partial charge in [0.15, 0.2) is 0 Å². The van der Waals surface area contributed by atoms with Gasteiger partial charge >= 0.3 is 0 Å². The highest BCUT2D eigenvalue weighted by Gasteiger charge is 2.21. The second-order valence-corrected chi connectivity index (χ2v) is 5.05. The average molecular weight is 288 g/mol. The Morgan fingerprint density at radius 2 is 1.90 bits per heavy atom. The van der Waals surface area contributed by atoms with Crippen LogP contribution < -0.4 is 0 Å². The maximum absolute atomic E-state index is 13.3. The Kier molecular flexibility index (Phi) is 3.36. The molecule has 0 spiro atoms. The minimum atomic E-state index is -0.288. The first-order valence-corrected chi connectivity index (χ1v) is 6.66. The number of fused-ring (bicyclic) bond motifs is 1. The van der Waals surface area contributed by atoms with Crippen LogP contribution in [0.3, 0.4) is 0 Å². The number of ketones is 1. The van der Waals surface area contributed by atoms with Crippen molar-refractivity contribution in [2.45, 2.75) is 6.42 Å². The van der Waals surface area contributed by atoms with E-state index in [1.54, 1.807) is 30.3 Å². The van der Waals surface area contributed by atoms with Crippen LogP contribution in [0.15, 0.2) is 47.5 Å². The molecule has 100 valence electrons. The van der Waals surface area contributed by atoms with Gasteiger partial charge in [-0.05, 0) is 54.4 Å². The van der Waals surface area contributed by atoms with Gasteiger partial charge in [-0.3, -0.25) is 9.79 Å². The van der Waals surface area contributed by atoms with Crippen molar-refractivity contribution in [1.82, 2.24) is 0 Å². The Hall–Kier alpha value is -2.00. The molecule has 0 atom stereocenters. The standard InChI is InChI=1S/C16H11ClFNO/c17-12-3-1-10(2-4-12)16(20)15-14-6-5-13(18)9-11(14)7-8-19-15/h1-6,9H,7-8H2. The van der Waals surface area contributed by atoms with Gasteiger partial charge in [-0.25, -0.2) is 4.39 Å². The molecular formula is C16H11ClFNO. The van der Waals surface area contributed by atoms with Gasteiger partial charge in [0.1, 0.15) is 11.5 Å². The van der Waals surface area contributed by atoms with E-state index < -0.39 is 0 Å². The summed E-state index contributed by atoms with van der Waals surface area (Å²) in [7, 11) is 0. The first-order chi connectivity index (χ1) is 9.65. The highest BCUT2D eigenvalue weighted by Crippen LogP contribution is 2.20. The minimum Gasteiger partial charge on any atom is -0.287 e. The Balaban J connectivity index is 2.01. The lowest BCUT2D eigenvalue weighted by Crippen LogP contribution is -2.22. The largest absolute Gasteiger partial charge is 0.287 e. The van der Waals surface area contributed by atoms with Crippen molar-refractivity contribution in [3.63, 3.8) is 0 Å². The van der Waals surface area contributed by atoms with Gasteiger partial charge in [-0.2, -0.15) is 0 Å². The van der Waals surface area contributed by atoms with Crippen molar-refractivity contribution in [2.75, 3.05) is 6.54 Å². The maximum atomic E-state index is 13.3. The number of hydrogen-bond acceptors (Lipinski definition) is 2. The van der Waals surface area contributed by atoms with Gasteiger partial charge in [-0.1, -0.05) is 11.6 Å². The SMILES string of the molecule is O=C(C1=NCCc2cc(F)ccc21)c1ccc(Cl)cc1. The zero-order valence-electron chi connectivity index (χ0n) is 10.6. The topological polar surface area (TPSA) is 29.4 Å². The quantitative estimate of drug-likeness (QED) is 0.774. The molecule has 0 aromatic heterocycles. The zero-order valence-corrected chi connectivity index (χ0v) is 11.3. The fourth-order valence-corrected chi connectivity index (χ4v) is 2.43. The Morgan fingerprint density at radius 3 is 2.65 bits per heavy atom. The second-order valence-electron chi connectivity index (χ2n) is 4.62. The summed E-state index contributed by atoms with van der Waals surface area (Å²) in [6, 6.07) is 11.1. The number of aliphatic imine (C=N–C) groups is 1. The molecule has 0 saturated carbocycles. The number of Topliss-reactive ketones (excluding diaryl/α,β-unsaturated/α-hetero) is 1. The minimum absolute atomic E-state index is 0.158. The van der Waals surface area contributed by atoms with Crippen molar-refractivity contribution in [3.05, 3.63) is 70.0 Å². The molecule has 0 bridgehead atoms. The van der Waals surface area contributed by atoms with Crippen LogP contribution in [0, 0.1) is 5.82 Å². The highest BCUT2D eigenvalue weighted by molar-refractivity contribution is 6.52. The van der Waals surface area contributed by atoms with Gasteiger partial charge in [0.2, 0.25) is 5.78 Å². The van der Waals surface area contributed by atoms with E-state index in [0.717, 1.165) is 11.1 Å². The van der Waals surface area contributed by atoms with E-state index in [9.17, 15) is 9.18 Å². The van der Waals surface area contributed by atoms with Gasteiger partial charge in [0.25, 0.3) is 0 Å². The summed E-state index contributed by atoms with van der Waals surface area (Å²) in [4.78, 5) is 16.8. The first-order valence-electron chi connectivity index (χ1n) is 6.28. The van der Waals surface area contributed by atoms with Crippen LogP contribution in [0.2, 0.25) is 5.02 Å². The summed E-state index contributed by atoms with van der Waals surface area (Å²) in [5.41, 5.74) is 2.48. The molecule has 0 aliphatic carbocycles. The van der Waals surface area contributed by atoms with Crippen molar-refractivity contribution >= 4 is 23.1 Å². The fourth-order valence-electron chi connectivity index (χ4n) is 2.31. The van der Waals surface area contributed by atoms with E-state index in [-0.39, 0.29) is 11.6 Å². The molecule has 4 heteroatoms. The third-order valence-electron chi connectivity index (χ3n) is 3.29. The van der Waals surface area contributed by atoms with Crippen molar-refractivity contribution in [1.29, 1.82) is 0 Å². The van der Waals surface area contributed by atoms with Crippen molar-refractivity contribution < 1.29 is 9.18 Å². The number of hydrogen-bond donors (Lipinski definition) is 0. The predicted molar refractivity (Wildman–Crippen MR) is 77.3 cm³/mol. The van der Waals surface area contributed by atoms with Crippen LogP contribution in [-0.2, 0) is 6.42 Å². The maximum Gasteiger partial charge on any atom is 0.211 e. The molecule has 2 nitrogen and oxygen atoms in total. The van der Waals surface area contributed by atoms with E-state index in [4.69, 9.17) is 11.6 Å². The van der Waals surface area contributed by atoms with Crippen LogP contribution in [0.5, 0.6) is 0 Å². The highest BCUT2D eigenvalue weighted by atomic mass is 35.5. The molecular weight excluding hydrogens is 277 g/mol. The molecule has 2 aromatic rings. The Labute approximate surface area is 120 Å². The molecule has 0 unspecified atom stereocenters. The summed E-state index contributed by atoms with van der Waals surface area (Å²) in [5.74, 6) is -0.446. The third-order valence-corrected chi connectivity index (χ3v) is 3.55. The molecule has 20 heavy (non-hydrogen) atoms. The average Bonchev–Trinajstić information content (AvgIpc) is 2.46. The Bertz CT molecular complexity index is 707. The third kappa shape index (κ3) is 2.37. The van der Waals surface area contributed by atoms with Gasteiger partial charge in [0.05, 0.1) is 0 Å². The summed E-state index contributed by atoms with van der Waals surface area (Å²) in [6.45, 7) is 0.505. The number of carbonyl (C=O) groups excluding carboxylic acids is 1. The van der Waals surface area contributed by atoms with Crippen molar-refractivity contribution in [3.8, 4) is 0 Å². The number of nitrogens with zero attached hydrogens (tertiary/aromatic N) is 1. The molecule has 0 fully saturated rings. The van der Waals surface area contributed by atoms with Crippen LogP contribution in [0.1, 0.15) is 21.5 Å². The van der Waals surface area contributed by atoms with Gasteiger partial charge in [0, 0.05) is 22.7 Å². The monoisotopic (exact) mass is 287 g/mol. The number of benzene rings is 2. The summed E-state index contributed by atoms with van der Waals surface area (Å²) in [5, 5.41) is 0.578. The molecule has 2 aromatic carbocycles. The Morgan fingerprint density at radius 1 is 1.15 bits per heavy atom. The lowest BCUT2D eigenvalue weighted by molar-refractivity contribution is 0.106. The van der Waals surface area contributed by atoms with E-state index in [1.165, 1.54) is 12.1 Å².